The number of esters is 2. The molecule has 3 N–H and O–H groups in total. The van der Waals surface area contributed by atoms with Gasteiger partial charge in [0, 0.05) is 54.9 Å². The number of ether oxygens (including phenoxy) is 3. The van der Waals surface area contributed by atoms with Crippen LogP contribution in [0.3, 0.4) is 0 Å². The number of anilines is 1. The minimum atomic E-state index is -0.561. The Balaban J connectivity index is 1.49. The zero-order valence-electron chi connectivity index (χ0n) is 40.4. The van der Waals surface area contributed by atoms with Crippen LogP contribution in [0.5, 0.6) is 11.5 Å². The maximum absolute atomic E-state index is 14.6. The molecule has 1 aromatic carbocycles. The highest BCUT2D eigenvalue weighted by Gasteiger charge is 2.43. The molecule has 65 heavy (non-hydrogen) atoms. The SMILES string of the molecule is CCCCC(C)CNC1=CC(N(CCC)CCOC(=O)C2CCCC2)=CC(=O)C1=C1C(=O)C(c2c(O)cc(N(CCC)CCOC(=O)C3CCCC3)cc2OCC(CC)CCCC)=C1O. The van der Waals surface area contributed by atoms with Crippen LogP contribution in [-0.2, 0) is 28.7 Å². The minimum absolute atomic E-state index is 0.0449. The summed E-state index contributed by atoms with van der Waals surface area (Å²) in [5.41, 5.74) is 1.68. The summed E-state index contributed by atoms with van der Waals surface area (Å²) in [6.45, 7) is 16.0. The van der Waals surface area contributed by atoms with E-state index in [0.29, 0.717) is 56.4 Å². The molecule has 2 saturated carbocycles. The third-order valence-electron chi connectivity index (χ3n) is 13.6. The number of phenolic OH excluding ortho intramolecular Hbond substituents is 1. The van der Waals surface area contributed by atoms with E-state index in [2.05, 4.69) is 46.9 Å². The Bertz CT molecular complexity index is 1920. The van der Waals surface area contributed by atoms with Crippen LogP contribution in [0.15, 0.2) is 52.6 Å². The lowest BCUT2D eigenvalue weighted by Gasteiger charge is -2.32. The fraction of sp³-hybridized carbons (Fsp3) is 0.660. The molecule has 0 amide bonds. The smallest absolute Gasteiger partial charge is 0.308 e. The molecule has 2 atom stereocenters. The number of rotatable bonds is 28. The van der Waals surface area contributed by atoms with Gasteiger partial charge in [-0.3, -0.25) is 19.2 Å². The summed E-state index contributed by atoms with van der Waals surface area (Å²) in [6, 6.07) is 3.37. The number of aliphatic hydroxyl groups is 1. The van der Waals surface area contributed by atoms with Gasteiger partial charge in [0.2, 0.25) is 5.78 Å². The highest BCUT2D eigenvalue weighted by atomic mass is 16.5. The number of hydrogen-bond acceptors (Lipinski definition) is 12. The molecule has 0 saturated heterocycles. The Morgan fingerprint density at radius 2 is 1.32 bits per heavy atom. The van der Waals surface area contributed by atoms with E-state index in [4.69, 9.17) is 14.2 Å². The van der Waals surface area contributed by atoms with Crippen molar-refractivity contribution < 1.29 is 43.6 Å². The van der Waals surface area contributed by atoms with Crippen LogP contribution in [0, 0.1) is 23.7 Å². The number of benzene rings is 1. The van der Waals surface area contributed by atoms with Gasteiger partial charge in [-0.2, -0.15) is 0 Å². The number of nitrogens with zero attached hydrogens (tertiary/aromatic N) is 2. The van der Waals surface area contributed by atoms with Crippen molar-refractivity contribution in [1.82, 2.24) is 10.2 Å². The van der Waals surface area contributed by atoms with Crippen molar-refractivity contribution >= 4 is 34.8 Å². The lowest BCUT2D eigenvalue weighted by atomic mass is 9.77. The quantitative estimate of drug-likeness (QED) is 0.0542. The van der Waals surface area contributed by atoms with Crippen molar-refractivity contribution in [1.29, 1.82) is 0 Å². The van der Waals surface area contributed by atoms with Gasteiger partial charge in [-0.1, -0.05) is 99.3 Å². The van der Waals surface area contributed by atoms with E-state index in [0.717, 1.165) is 109 Å². The first kappa shape index (κ1) is 51.2. The molecular formula is C53H79N3O9. The second-order valence-electron chi connectivity index (χ2n) is 18.8. The van der Waals surface area contributed by atoms with Crippen LogP contribution in [0.2, 0.25) is 0 Å². The number of phenols is 1. The van der Waals surface area contributed by atoms with Crippen LogP contribution < -0.4 is 15.0 Å². The van der Waals surface area contributed by atoms with Crippen molar-refractivity contribution in [2.75, 3.05) is 57.4 Å². The highest BCUT2D eigenvalue weighted by Crippen LogP contribution is 2.48. The van der Waals surface area contributed by atoms with E-state index < -0.39 is 11.6 Å². The number of Topliss-reactive ketones (excluding diaryl/α,β-unsaturated/α-hetero) is 1. The number of ketones is 2. The lowest BCUT2D eigenvalue weighted by molar-refractivity contribution is -0.149. The Kier molecular flexibility index (Phi) is 20.4. The third kappa shape index (κ3) is 13.7. The van der Waals surface area contributed by atoms with Crippen LogP contribution >= 0.6 is 0 Å². The van der Waals surface area contributed by atoms with Gasteiger partial charge < -0.3 is 39.5 Å². The zero-order valence-corrected chi connectivity index (χ0v) is 40.4. The number of hydrogen-bond donors (Lipinski definition) is 3. The van der Waals surface area contributed by atoms with Crippen LogP contribution in [0.25, 0.3) is 5.57 Å². The molecule has 0 aromatic heterocycles. The van der Waals surface area contributed by atoms with Gasteiger partial charge in [-0.15, -0.1) is 0 Å². The summed E-state index contributed by atoms with van der Waals surface area (Å²) in [5.74, 6) is -1.23. The standard InChI is InChI=1S/C53H79N3O9/c1-7-12-18-36(6)34-54-42-30-40(55(24-9-3)26-28-63-52(61)38-20-14-15-21-38)31-43(57)46(42)48-50(59)49(51(48)60)47-44(58)32-41(33-45(47)65-35-37(11-5)19-13-8-2)56(25-10-4)27-29-64-53(62)39-22-16-17-23-39/h30-33,36-39,54,58-59H,7-29,34-35H2,1-6H3. The third-order valence-corrected chi connectivity index (χ3v) is 13.6. The number of unbranched alkanes of at least 4 members (excludes halogenated alkanes) is 2. The van der Waals surface area contributed by atoms with Gasteiger partial charge in [0.1, 0.15) is 30.5 Å². The van der Waals surface area contributed by atoms with E-state index in [1.165, 1.54) is 6.08 Å². The van der Waals surface area contributed by atoms with E-state index in [-0.39, 0.29) is 88.4 Å². The van der Waals surface area contributed by atoms with Crippen LogP contribution in [-0.4, -0.2) is 91.2 Å². The second kappa shape index (κ2) is 25.8. The fourth-order valence-electron chi connectivity index (χ4n) is 9.58. The zero-order chi connectivity index (χ0) is 46.9. The molecule has 4 aliphatic rings. The van der Waals surface area contributed by atoms with Gasteiger partial charge >= 0.3 is 11.9 Å². The largest absolute Gasteiger partial charge is 0.507 e. The van der Waals surface area contributed by atoms with E-state index in [1.807, 2.05) is 15.9 Å². The molecule has 0 spiro atoms. The summed E-state index contributed by atoms with van der Waals surface area (Å²) in [7, 11) is 0. The first-order valence-corrected chi connectivity index (χ1v) is 25.2. The molecule has 360 valence electrons. The summed E-state index contributed by atoms with van der Waals surface area (Å²) >= 11 is 0. The van der Waals surface area contributed by atoms with Crippen molar-refractivity contribution in [3.05, 3.63) is 58.1 Å². The van der Waals surface area contributed by atoms with Gasteiger partial charge in [-0.05, 0) is 69.3 Å². The second-order valence-corrected chi connectivity index (χ2v) is 18.8. The van der Waals surface area contributed by atoms with E-state index in [1.54, 1.807) is 12.1 Å². The number of aromatic hydroxyl groups is 1. The number of nitrogens with one attached hydrogen (secondary N) is 1. The molecule has 5 rings (SSSR count). The molecular weight excluding hydrogens is 823 g/mol. The number of aliphatic hydroxyl groups excluding tert-OH is 1. The fourth-order valence-corrected chi connectivity index (χ4v) is 9.58. The average molecular weight is 902 g/mol. The Labute approximate surface area is 388 Å². The van der Waals surface area contributed by atoms with E-state index >= 15 is 0 Å². The molecule has 0 aliphatic heterocycles. The average Bonchev–Trinajstić information content (AvgIpc) is 4.05. The molecule has 0 bridgehead atoms. The molecule has 1 aromatic rings. The van der Waals surface area contributed by atoms with Gasteiger partial charge in [0.05, 0.1) is 53.8 Å². The predicted molar refractivity (Wildman–Crippen MR) is 257 cm³/mol. The minimum Gasteiger partial charge on any atom is -0.507 e. The maximum Gasteiger partial charge on any atom is 0.308 e. The van der Waals surface area contributed by atoms with Crippen LogP contribution in [0.4, 0.5) is 5.69 Å². The van der Waals surface area contributed by atoms with Crippen LogP contribution in [0.1, 0.15) is 156 Å². The first-order valence-electron chi connectivity index (χ1n) is 25.2. The highest BCUT2D eigenvalue weighted by molar-refractivity contribution is 6.42. The topological polar surface area (TPSA) is 155 Å². The van der Waals surface area contributed by atoms with Crippen molar-refractivity contribution in [2.24, 2.45) is 23.7 Å². The first-order chi connectivity index (χ1) is 31.4. The molecule has 12 nitrogen and oxygen atoms in total. The summed E-state index contributed by atoms with van der Waals surface area (Å²) in [5, 5.41) is 27.3. The van der Waals surface area contributed by atoms with Crippen molar-refractivity contribution in [3.8, 4) is 11.5 Å². The molecule has 0 radical (unpaired) electrons. The number of carbonyl (C=O) groups is 4. The molecule has 12 heteroatoms. The number of allylic oxidation sites excluding steroid dienone is 5. The maximum atomic E-state index is 14.6. The summed E-state index contributed by atoms with van der Waals surface area (Å²) in [4.78, 5) is 58.5. The predicted octanol–water partition coefficient (Wildman–Crippen LogP) is 10.3. The van der Waals surface area contributed by atoms with Gasteiger partial charge in [-0.25, -0.2) is 0 Å². The molecule has 2 unspecified atom stereocenters. The number of carbonyl (C=O) groups excluding carboxylic acids is 4. The Hall–Kier alpha value is -4.74. The summed E-state index contributed by atoms with van der Waals surface area (Å²) in [6.07, 6.45) is 19.6. The lowest BCUT2D eigenvalue weighted by Crippen LogP contribution is -2.35. The Morgan fingerprint density at radius 3 is 1.89 bits per heavy atom. The molecule has 4 aliphatic carbocycles. The Morgan fingerprint density at radius 1 is 0.738 bits per heavy atom. The normalized spacial score (nSPS) is 18.9. The monoisotopic (exact) mass is 902 g/mol. The summed E-state index contributed by atoms with van der Waals surface area (Å²) < 4.78 is 18.0. The van der Waals surface area contributed by atoms with E-state index in [9.17, 15) is 29.4 Å². The molecule has 0 heterocycles. The van der Waals surface area contributed by atoms with Gasteiger partial charge in [0.25, 0.3) is 0 Å². The van der Waals surface area contributed by atoms with Gasteiger partial charge in [0.15, 0.2) is 5.78 Å². The van der Waals surface area contributed by atoms with Crippen molar-refractivity contribution in [3.63, 3.8) is 0 Å². The molecule has 2 fully saturated rings. The van der Waals surface area contributed by atoms with Crippen molar-refractivity contribution in [2.45, 2.75) is 151 Å².